The van der Waals surface area contributed by atoms with Crippen molar-refractivity contribution in [1.29, 1.82) is 0 Å². The number of hydrogen-bond acceptors (Lipinski definition) is 0. The van der Waals surface area contributed by atoms with Gasteiger partial charge in [-0.2, -0.15) is 0 Å². The van der Waals surface area contributed by atoms with E-state index < -0.39 is 0 Å². The van der Waals surface area contributed by atoms with Crippen LogP contribution in [0.1, 0.15) is 13.3 Å². The molecular weight excluding hydrogens is 300 g/mol. The van der Waals surface area contributed by atoms with Crippen molar-refractivity contribution >= 4 is 0 Å². The van der Waals surface area contributed by atoms with E-state index in [2.05, 4.69) is 19.1 Å². The van der Waals surface area contributed by atoms with Gasteiger partial charge in [0, 0.05) is 0 Å². The van der Waals surface area contributed by atoms with Gasteiger partial charge in [0.05, 0.1) is 0 Å². The maximum absolute atomic E-state index is 2.21. The van der Waals surface area contributed by atoms with Crippen LogP contribution in [0.15, 0.2) is 21.9 Å². The number of hydrogen-bond donors (Lipinski definition) is 0. The summed E-state index contributed by atoms with van der Waals surface area (Å²) in [6.07, 6.45) is 5.57. The Balaban J connectivity index is 0. The van der Waals surface area contributed by atoms with Gasteiger partial charge < -0.3 is 9.41 Å². The molecule has 0 atom stereocenters. The van der Waals surface area contributed by atoms with Gasteiger partial charge in [-0.3, -0.25) is 0 Å². The molecular formula is C6H7F2Os. The van der Waals surface area contributed by atoms with E-state index in [0.29, 0.717) is 0 Å². The smallest absolute Gasteiger partial charge is 1.00 e. The molecule has 0 aliphatic heterocycles. The number of allylic oxidation sites excluding steroid dienone is 4. The molecule has 1 rings (SSSR count). The molecule has 3 heteroatoms. The Morgan fingerprint density at radius 2 is 2.00 bits per heavy atom. The van der Waals surface area contributed by atoms with Gasteiger partial charge in [-0.15, -0.1) is 0 Å². The quantitative estimate of drug-likeness (QED) is 0.426. The monoisotopic (exact) mass is 309 g/mol. The minimum atomic E-state index is 0. The van der Waals surface area contributed by atoms with Gasteiger partial charge >= 0.3 is 53.8 Å². The zero-order valence-electron chi connectivity index (χ0n) is 4.97. The minimum absolute atomic E-state index is 0. The first-order chi connectivity index (χ1) is 3.30. The van der Waals surface area contributed by atoms with Crippen LogP contribution in [0.25, 0.3) is 0 Å². The van der Waals surface area contributed by atoms with Crippen LogP contribution in [0.3, 0.4) is 0 Å². The van der Waals surface area contributed by atoms with Crippen LogP contribution in [0, 0.1) is 0 Å². The summed E-state index contributed by atoms with van der Waals surface area (Å²) in [5, 5.41) is 0. The summed E-state index contributed by atoms with van der Waals surface area (Å²) in [7, 11) is 0. The molecule has 0 fully saturated rings. The van der Waals surface area contributed by atoms with Crippen molar-refractivity contribution in [1.82, 2.24) is 0 Å². The van der Waals surface area contributed by atoms with Crippen molar-refractivity contribution < 1.29 is 28.0 Å². The van der Waals surface area contributed by atoms with E-state index in [0.717, 1.165) is 0 Å². The Hall–Kier alpha value is -0.0236. The van der Waals surface area contributed by atoms with Crippen molar-refractivity contribution in [2.24, 2.45) is 0 Å². The molecule has 1 aliphatic rings. The average Bonchev–Trinajstić information content (AvgIpc) is 1.91. The van der Waals surface area contributed by atoms with Gasteiger partial charge in [0.15, 0.2) is 0 Å². The fraction of sp³-hybridized carbons (Fsp3) is 0.333. The second-order valence-corrected chi connectivity index (χ2v) is 3.21. The first kappa shape index (κ1) is 11.7. The molecule has 53 valence electrons. The molecule has 0 heterocycles. The molecule has 0 bridgehead atoms. The molecule has 0 amide bonds. The van der Waals surface area contributed by atoms with Gasteiger partial charge in [0.1, 0.15) is 0 Å². The van der Waals surface area contributed by atoms with Gasteiger partial charge in [-0.1, -0.05) is 0 Å². The van der Waals surface area contributed by atoms with Gasteiger partial charge in [-0.05, 0) is 0 Å². The number of halogens is 2. The second-order valence-electron chi connectivity index (χ2n) is 1.68. The van der Waals surface area contributed by atoms with Crippen LogP contribution in [0.5, 0.6) is 0 Å². The van der Waals surface area contributed by atoms with Crippen LogP contribution >= 0.6 is 0 Å². The van der Waals surface area contributed by atoms with Crippen LogP contribution in [-0.4, -0.2) is 0 Å². The molecule has 0 aromatic carbocycles. The van der Waals surface area contributed by atoms with Crippen molar-refractivity contribution in [3.8, 4) is 0 Å². The molecule has 0 nitrogen and oxygen atoms in total. The molecule has 0 aromatic heterocycles. The molecule has 0 saturated heterocycles. The number of rotatable bonds is 0. The Morgan fingerprint density at radius 3 is 2.11 bits per heavy atom. The first-order valence-corrected chi connectivity index (χ1v) is 3.58. The van der Waals surface area contributed by atoms with Crippen molar-refractivity contribution in [2.45, 2.75) is 13.3 Å². The summed E-state index contributed by atoms with van der Waals surface area (Å²) in [6.45, 7) is 2.16. The standard InChI is InChI=1S/C6H7.2FH.Os/c1-6-4-2-3-5-6;;;/h2,4H,3H2,1H3;2*1H;/q;;;+2/p-2. The predicted octanol–water partition coefficient (Wildman–Crippen LogP) is -4.22. The van der Waals surface area contributed by atoms with E-state index in [1.165, 1.54) is 12.0 Å². The maximum atomic E-state index is 2.21. The normalized spacial score (nSPS) is 14.8. The van der Waals surface area contributed by atoms with Crippen molar-refractivity contribution in [3.05, 3.63) is 21.9 Å². The summed E-state index contributed by atoms with van der Waals surface area (Å²) in [5.41, 5.74) is 1.46. The predicted molar refractivity (Wildman–Crippen MR) is 26.5 cm³/mol. The van der Waals surface area contributed by atoms with Crippen LogP contribution < -0.4 is 9.41 Å². The van der Waals surface area contributed by atoms with E-state index in [1.807, 2.05) is 18.6 Å². The average molecular weight is 307 g/mol. The fourth-order valence-electron chi connectivity index (χ4n) is 0.586. The summed E-state index contributed by atoms with van der Waals surface area (Å²) >= 11 is 1.99. The molecule has 9 heavy (non-hydrogen) atoms. The van der Waals surface area contributed by atoms with Crippen LogP contribution in [0.4, 0.5) is 0 Å². The van der Waals surface area contributed by atoms with E-state index >= 15 is 0 Å². The first-order valence-electron chi connectivity index (χ1n) is 2.31. The SMILES string of the molecule is CC1=[C]([Os+2])CC=C1.[F-].[F-]. The third-order valence-electron chi connectivity index (χ3n) is 1.08. The van der Waals surface area contributed by atoms with Crippen molar-refractivity contribution in [2.75, 3.05) is 0 Å². The Kier molecular flexibility index (Phi) is 6.28. The second kappa shape index (κ2) is 4.82. The third-order valence-corrected chi connectivity index (χ3v) is 2.60. The van der Waals surface area contributed by atoms with E-state index in [4.69, 9.17) is 0 Å². The molecule has 0 N–H and O–H groups in total. The van der Waals surface area contributed by atoms with Gasteiger partial charge in [-0.25, -0.2) is 0 Å². The fourth-order valence-corrected chi connectivity index (χ4v) is 1.10. The Labute approximate surface area is 63.7 Å². The Morgan fingerprint density at radius 1 is 1.44 bits per heavy atom. The molecule has 0 saturated carbocycles. The molecule has 0 radical (unpaired) electrons. The van der Waals surface area contributed by atoms with Crippen LogP contribution in [0.2, 0.25) is 0 Å². The zero-order valence-corrected chi connectivity index (χ0v) is 7.51. The molecule has 1 aliphatic carbocycles. The van der Waals surface area contributed by atoms with Gasteiger partial charge in [0.2, 0.25) is 0 Å². The third kappa shape index (κ3) is 2.86. The zero-order chi connectivity index (χ0) is 5.28. The van der Waals surface area contributed by atoms with E-state index in [-0.39, 0.29) is 9.41 Å². The topological polar surface area (TPSA) is 0 Å². The molecule has 0 unspecified atom stereocenters. The largest absolute Gasteiger partial charge is 1.00 e. The van der Waals surface area contributed by atoms with Crippen LogP contribution in [-0.2, 0) is 18.6 Å². The summed E-state index contributed by atoms with van der Waals surface area (Å²) in [5.74, 6) is 0. The van der Waals surface area contributed by atoms with Gasteiger partial charge in [0.25, 0.3) is 0 Å². The summed E-state index contributed by atoms with van der Waals surface area (Å²) in [6, 6.07) is 0. The summed E-state index contributed by atoms with van der Waals surface area (Å²) in [4.78, 5) is 0. The maximum Gasteiger partial charge on any atom is -1.00 e. The van der Waals surface area contributed by atoms with E-state index in [9.17, 15) is 0 Å². The van der Waals surface area contributed by atoms with Crippen molar-refractivity contribution in [3.63, 3.8) is 0 Å². The minimum Gasteiger partial charge on any atom is -1.00 e. The molecule has 0 aromatic rings. The molecule has 0 spiro atoms. The Bertz CT molecular complexity index is 138. The van der Waals surface area contributed by atoms with E-state index in [1.54, 1.807) is 4.13 Å². The summed E-state index contributed by atoms with van der Waals surface area (Å²) < 4.78 is 1.54.